The van der Waals surface area contributed by atoms with Gasteiger partial charge in [-0.1, -0.05) is 6.92 Å². The molecule has 3 rings (SSSR count). The second kappa shape index (κ2) is 7.85. The number of amides is 1. The summed E-state index contributed by atoms with van der Waals surface area (Å²) in [7, 11) is -3.71. The monoisotopic (exact) mass is 387 g/mol. The van der Waals surface area contributed by atoms with Crippen LogP contribution in [0.2, 0.25) is 0 Å². The van der Waals surface area contributed by atoms with E-state index in [1.54, 1.807) is 31.3 Å². The first-order chi connectivity index (χ1) is 12.9. The van der Waals surface area contributed by atoms with Gasteiger partial charge in [-0.05, 0) is 43.3 Å². The minimum Gasteiger partial charge on any atom is -0.326 e. The number of aromatic nitrogens is 3. The number of fused-ring (bicyclic) bond motifs is 1. The zero-order valence-corrected chi connectivity index (χ0v) is 16.0. The van der Waals surface area contributed by atoms with Crippen LogP contribution >= 0.6 is 0 Å². The zero-order chi connectivity index (χ0) is 19.4. The molecular formula is C18H21N5O3S. The second-order valence-corrected chi connectivity index (χ2v) is 7.64. The lowest BCUT2D eigenvalue weighted by Crippen LogP contribution is -2.25. The van der Waals surface area contributed by atoms with Gasteiger partial charge in [-0.2, -0.15) is 0 Å². The number of hydrogen-bond acceptors (Lipinski definition) is 5. The van der Waals surface area contributed by atoms with Crippen molar-refractivity contribution in [2.45, 2.75) is 38.3 Å². The summed E-state index contributed by atoms with van der Waals surface area (Å²) in [4.78, 5) is 20.3. The van der Waals surface area contributed by atoms with Gasteiger partial charge in [-0.15, -0.1) is 0 Å². The summed E-state index contributed by atoms with van der Waals surface area (Å²) < 4.78 is 29.6. The van der Waals surface area contributed by atoms with Crippen LogP contribution in [0.1, 0.15) is 26.1 Å². The Balaban J connectivity index is 1.76. The van der Waals surface area contributed by atoms with Gasteiger partial charge in [0, 0.05) is 24.8 Å². The smallest absolute Gasteiger partial charge is 0.240 e. The molecule has 0 aliphatic heterocycles. The van der Waals surface area contributed by atoms with E-state index in [1.165, 1.54) is 12.1 Å². The molecule has 2 N–H and O–H groups in total. The summed E-state index contributed by atoms with van der Waals surface area (Å²) in [5.41, 5.74) is 2.01. The van der Waals surface area contributed by atoms with Gasteiger partial charge in [-0.3, -0.25) is 4.79 Å². The van der Waals surface area contributed by atoms with Crippen molar-refractivity contribution in [1.29, 1.82) is 0 Å². The van der Waals surface area contributed by atoms with Crippen LogP contribution in [0, 0.1) is 0 Å². The molecule has 142 valence electrons. The largest absolute Gasteiger partial charge is 0.326 e. The van der Waals surface area contributed by atoms with E-state index < -0.39 is 10.0 Å². The standard InChI is InChI=1S/C18H21N5O3S/c1-3-17(24)21-13-7-9-14(10-8-13)27(25,26)20-12-16-22-15-6-5-11-19-18(15)23(16)4-2/h5-11,20H,3-4,12H2,1-2H3,(H,21,24). The van der Waals surface area contributed by atoms with E-state index in [1.807, 2.05) is 17.6 Å². The third-order valence-corrected chi connectivity index (χ3v) is 5.51. The Morgan fingerprint density at radius 1 is 1.15 bits per heavy atom. The van der Waals surface area contributed by atoms with Gasteiger partial charge in [0.05, 0.1) is 11.4 Å². The summed E-state index contributed by atoms with van der Waals surface area (Å²) in [5, 5.41) is 2.68. The number of carbonyl (C=O) groups is 1. The van der Waals surface area contributed by atoms with E-state index in [2.05, 4.69) is 20.0 Å². The van der Waals surface area contributed by atoms with E-state index in [-0.39, 0.29) is 17.3 Å². The SMILES string of the molecule is CCC(=O)Nc1ccc(S(=O)(=O)NCc2nc3cccnc3n2CC)cc1. The summed E-state index contributed by atoms with van der Waals surface area (Å²) in [6.45, 7) is 4.39. The maximum absolute atomic E-state index is 12.6. The number of benzene rings is 1. The van der Waals surface area contributed by atoms with Gasteiger partial charge in [0.15, 0.2) is 5.65 Å². The summed E-state index contributed by atoms with van der Waals surface area (Å²) in [6, 6.07) is 9.68. The van der Waals surface area contributed by atoms with Crippen molar-refractivity contribution in [2.24, 2.45) is 0 Å². The molecule has 0 spiro atoms. The molecule has 0 saturated carbocycles. The average molecular weight is 387 g/mol. The Morgan fingerprint density at radius 2 is 1.89 bits per heavy atom. The van der Waals surface area contributed by atoms with Gasteiger partial charge in [0.1, 0.15) is 11.3 Å². The van der Waals surface area contributed by atoms with Crippen LogP contribution in [0.5, 0.6) is 0 Å². The van der Waals surface area contributed by atoms with Crippen LogP contribution in [0.4, 0.5) is 5.69 Å². The van der Waals surface area contributed by atoms with Crippen LogP contribution in [-0.2, 0) is 27.9 Å². The molecule has 3 aromatic rings. The van der Waals surface area contributed by atoms with Gasteiger partial charge >= 0.3 is 0 Å². The van der Waals surface area contributed by atoms with Crippen molar-refractivity contribution >= 4 is 32.8 Å². The number of nitrogens with one attached hydrogen (secondary N) is 2. The normalized spacial score (nSPS) is 11.6. The number of imidazole rings is 1. The zero-order valence-electron chi connectivity index (χ0n) is 15.1. The summed E-state index contributed by atoms with van der Waals surface area (Å²) in [6.07, 6.45) is 2.04. The third kappa shape index (κ3) is 4.15. The predicted octanol–water partition coefficient (Wildman–Crippen LogP) is 2.28. The van der Waals surface area contributed by atoms with Crippen LogP contribution in [0.3, 0.4) is 0 Å². The molecule has 0 unspecified atom stereocenters. The maximum Gasteiger partial charge on any atom is 0.240 e. The topological polar surface area (TPSA) is 106 Å². The van der Waals surface area contributed by atoms with Crippen molar-refractivity contribution in [3.05, 3.63) is 48.4 Å². The number of aryl methyl sites for hydroxylation is 1. The number of nitrogens with zero attached hydrogens (tertiary/aromatic N) is 3. The highest BCUT2D eigenvalue weighted by Gasteiger charge is 2.17. The van der Waals surface area contributed by atoms with E-state index in [0.717, 1.165) is 11.2 Å². The number of anilines is 1. The first-order valence-electron chi connectivity index (χ1n) is 8.64. The Labute approximate surface area is 157 Å². The molecule has 0 bridgehead atoms. The number of sulfonamides is 1. The Morgan fingerprint density at radius 3 is 2.56 bits per heavy atom. The van der Waals surface area contributed by atoms with Gasteiger partial charge in [-0.25, -0.2) is 23.1 Å². The van der Waals surface area contributed by atoms with Crippen molar-refractivity contribution in [2.75, 3.05) is 5.32 Å². The first kappa shape index (κ1) is 19.0. The Hall–Kier alpha value is -2.78. The highest BCUT2D eigenvalue weighted by atomic mass is 32.2. The van der Waals surface area contributed by atoms with Crippen molar-refractivity contribution in [1.82, 2.24) is 19.3 Å². The summed E-state index contributed by atoms with van der Waals surface area (Å²) in [5.74, 6) is 0.470. The molecule has 2 aromatic heterocycles. The lowest BCUT2D eigenvalue weighted by atomic mass is 10.3. The molecule has 0 radical (unpaired) electrons. The minimum atomic E-state index is -3.71. The van der Waals surface area contributed by atoms with Gasteiger partial charge < -0.3 is 9.88 Å². The fourth-order valence-electron chi connectivity index (χ4n) is 2.68. The third-order valence-electron chi connectivity index (χ3n) is 4.09. The van der Waals surface area contributed by atoms with E-state index in [4.69, 9.17) is 0 Å². The average Bonchev–Trinajstić information content (AvgIpc) is 3.04. The summed E-state index contributed by atoms with van der Waals surface area (Å²) >= 11 is 0. The molecule has 8 nitrogen and oxygen atoms in total. The predicted molar refractivity (Wildman–Crippen MR) is 103 cm³/mol. The number of rotatable bonds is 7. The second-order valence-electron chi connectivity index (χ2n) is 5.87. The number of carbonyl (C=O) groups excluding carboxylic acids is 1. The molecule has 1 amide bonds. The molecule has 0 saturated heterocycles. The molecule has 0 aliphatic carbocycles. The fourth-order valence-corrected chi connectivity index (χ4v) is 3.66. The quantitative estimate of drug-likeness (QED) is 0.647. The van der Waals surface area contributed by atoms with E-state index >= 15 is 0 Å². The van der Waals surface area contributed by atoms with Crippen LogP contribution in [0.25, 0.3) is 11.2 Å². The van der Waals surface area contributed by atoms with Crippen molar-refractivity contribution < 1.29 is 13.2 Å². The highest BCUT2D eigenvalue weighted by molar-refractivity contribution is 7.89. The molecule has 1 aromatic carbocycles. The molecule has 0 atom stereocenters. The highest BCUT2D eigenvalue weighted by Crippen LogP contribution is 2.16. The van der Waals surface area contributed by atoms with Crippen LogP contribution in [0.15, 0.2) is 47.5 Å². The van der Waals surface area contributed by atoms with Gasteiger partial charge in [0.2, 0.25) is 15.9 Å². The van der Waals surface area contributed by atoms with E-state index in [0.29, 0.717) is 24.5 Å². The van der Waals surface area contributed by atoms with E-state index in [9.17, 15) is 13.2 Å². The Kier molecular flexibility index (Phi) is 5.52. The Bertz CT molecular complexity index is 1060. The maximum atomic E-state index is 12.6. The minimum absolute atomic E-state index is 0.0564. The number of pyridine rings is 1. The van der Waals surface area contributed by atoms with Crippen LogP contribution in [-0.4, -0.2) is 28.9 Å². The van der Waals surface area contributed by atoms with Crippen LogP contribution < -0.4 is 10.0 Å². The van der Waals surface area contributed by atoms with Crippen molar-refractivity contribution in [3.63, 3.8) is 0 Å². The molecule has 27 heavy (non-hydrogen) atoms. The molecule has 0 fully saturated rings. The molecule has 2 heterocycles. The molecule has 0 aliphatic rings. The number of hydrogen-bond donors (Lipinski definition) is 2. The fraction of sp³-hybridized carbons (Fsp3) is 0.278. The molecule has 9 heteroatoms. The van der Waals surface area contributed by atoms with Crippen molar-refractivity contribution in [3.8, 4) is 0 Å². The van der Waals surface area contributed by atoms with Gasteiger partial charge in [0.25, 0.3) is 0 Å². The lowest BCUT2D eigenvalue weighted by Gasteiger charge is -2.09. The first-order valence-corrected chi connectivity index (χ1v) is 10.1. The lowest BCUT2D eigenvalue weighted by molar-refractivity contribution is -0.115. The molecular weight excluding hydrogens is 366 g/mol.